The van der Waals surface area contributed by atoms with Gasteiger partial charge >= 0.3 is 0 Å². The Morgan fingerprint density at radius 1 is 1.26 bits per heavy atom. The zero-order valence-electron chi connectivity index (χ0n) is 15.2. The summed E-state index contributed by atoms with van der Waals surface area (Å²) < 4.78 is 17.0. The van der Waals surface area contributed by atoms with Crippen LogP contribution in [0, 0.1) is 18.2 Å². The van der Waals surface area contributed by atoms with Gasteiger partial charge in [0.1, 0.15) is 10.7 Å². The largest absolute Gasteiger partial charge is 0.338 e. The summed E-state index contributed by atoms with van der Waals surface area (Å²) in [6, 6.07) is 6.27. The lowest BCUT2D eigenvalue weighted by molar-refractivity contribution is -0.146. The van der Waals surface area contributed by atoms with Crippen LogP contribution in [-0.4, -0.2) is 50.8 Å². The lowest BCUT2D eigenvalue weighted by Crippen LogP contribution is -2.50. The normalized spacial score (nSPS) is 22.7. The maximum absolute atomic E-state index is 13.2. The van der Waals surface area contributed by atoms with Gasteiger partial charge in [-0.15, -0.1) is 5.10 Å². The van der Waals surface area contributed by atoms with Gasteiger partial charge in [0.05, 0.1) is 11.1 Å². The molecule has 1 atom stereocenters. The number of carbonyl (C=O) groups is 2. The van der Waals surface area contributed by atoms with Gasteiger partial charge in [-0.3, -0.25) is 9.59 Å². The van der Waals surface area contributed by atoms with E-state index in [1.807, 2.05) is 4.90 Å². The van der Waals surface area contributed by atoms with Crippen LogP contribution in [0.3, 0.4) is 0 Å². The number of aryl methyl sites for hydroxylation is 1. The van der Waals surface area contributed by atoms with Gasteiger partial charge in [-0.2, -0.15) is 0 Å². The van der Waals surface area contributed by atoms with E-state index in [4.69, 9.17) is 0 Å². The van der Waals surface area contributed by atoms with Gasteiger partial charge in [-0.25, -0.2) is 4.39 Å². The predicted octanol–water partition coefficient (Wildman–Crippen LogP) is 2.64. The number of hydrogen-bond acceptors (Lipinski definition) is 5. The van der Waals surface area contributed by atoms with Crippen molar-refractivity contribution in [3.8, 4) is 0 Å². The number of benzene rings is 1. The van der Waals surface area contributed by atoms with E-state index in [2.05, 4.69) is 9.59 Å². The van der Waals surface area contributed by atoms with Gasteiger partial charge in [-0.05, 0) is 55.4 Å². The van der Waals surface area contributed by atoms with Gasteiger partial charge in [0, 0.05) is 26.2 Å². The fourth-order valence-corrected chi connectivity index (χ4v) is 4.73. The van der Waals surface area contributed by atoms with Crippen LogP contribution in [0.4, 0.5) is 4.39 Å². The van der Waals surface area contributed by atoms with E-state index in [0.717, 1.165) is 29.9 Å². The maximum atomic E-state index is 13.2. The summed E-state index contributed by atoms with van der Waals surface area (Å²) in [4.78, 5) is 30.2. The number of carbonyl (C=O) groups excluding carboxylic acids is 2. The molecular weight excluding hydrogens is 367 g/mol. The van der Waals surface area contributed by atoms with Crippen molar-refractivity contribution in [2.24, 2.45) is 5.41 Å². The Morgan fingerprint density at radius 2 is 2.04 bits per heavy atom. The molecule has 2 saturated heterocycles. The smallest absolute Gasteiger partial charge is 0.267 e. The van der Waals surface area contributed by atoms with Crippen LogP contribution < -0.4 is 0 Å². The average molecular weight is 388 g/mol. The van der Waals surface area contributed by atoms with Gasteiger partial charge in [0.15, 0.2) is 0 Å². The number of aromatic nitrogens is 2. The highest BCUT2D eigenvalue weighted by molar-refractivity contribution is 7.07. The third kappa shape index (κ3) is 3.34. The summed E-state index contributed by atoms with van der Waals surface area (Å²) in [5.41, 5.74) is 1.05. The van der Waals surface area contributed by atoms with Crippen LogP contribution in [0.2, 0.25) is 0 Å². The first-order chi connectivity index (χ1) is 13.0. The molecule has 1 aromatic heterocycles. The molecular formula is C19H21FN4O2S. The molecule has 0 unspecified atom stereocenters. The number of rotatable bonds is 3. The predicted molar refractivity (Wildman–Crippen MR) is 98.7 cm³/mol. The summed E-state index contributed by atoms with van der Waals surface area (Å²) in [5.74, 6) is -0.256. The van der Waals surface area contributed by atoms with E-state index in [1.54, 1.807) is 24.0 Å². The first kappa shape index (κ1) is 18.0. The number of piperidine rings is 1. The molecule has 1 aromatic carbocycles. The zero-order chi connectivity index (χ0) is 19.0. The highest BCUT2D eigenvalue weighted by Crippen LogP contribution is 2.41. The van der Waals surface area contributed by atoms with Gasteiger partial charge < -0.3 is 9.80 Å². The van der Waals surface area contributed by atoms with Crippen molar-refractivity contribution in [2.75, 3.05) is 19.6 Å². The number of likely N-dealkylation sites (tertiary alicyclic amines) is 2. The molecule has 27 heavy (non-hydrogen) atoms. The Morgan fingerprint density at radius 3 is 2.74 bits per heavy atom. The number of nitrogens with zero attached hydrogens (tertiary/aromatic N) is 4. The van der Waals surface area contributed by atoms with Crippen molar-refractivity contribution in [1.82, 2.24) is 19.4 Å². The fourth-order valence-electron chi connectivity index (χ4n) is 4.11. The zero-order valence-corrected chi connectivity index (χ0v) is 16.0. The molecule has 3 heterocycles. The third-order valence-corrected chi connectivity index (χ3v) is 6.41. The third-order valence-electron chi connectivity index (χ3n) is 5.60. The molecule has 1 spiro atoms. The Hall–Kier alpha value is -2.35. The Kier molecular flexibility index (Phi) is 4.67. The van der Waals surface area contributed by atoms with Crippen molar-refractivity contribution >= 4 is 23.3 Å². The second-order valence-corrected chi connectivity index (χ2v) is 8.16. The van der Waals surface area contributed by atoms with Crippen LogP contribution in [0.5, 0.6) is 0 Å². The number of hydrogen-bond donors (Lipinski definition) is 0. The highest BCUT2D eigenvalue weighted by atomic mass is 32.1. The molecule has 0 N–H and O–H groups in total. The summed E-state index contributed by atoms with van der Waals surface area (Å²) >= 11 is 1.11. The van der Waals surface area contributed by atoms with Crippen molar-refractivity contribution in [3.05, 3.63) is 46.2 Å². The van der Waals surface area contributed by atoms with Crippen molar-refractivity contribution in [2.45, 2.75) is 32.7 Å². The van der Waals surface area contributed by atoms with Gasteiger partial charge in [0.25, 0.3) is 5.91 Å². The molecule has 2 aliphatic rings. The van der Waals surface area contributed by atoms with Gasteiger partial charge in [0.2, 0.25) is 5.91 Å². The van der Waals surface area contributed by atoms with E-state index in [-0.39, 0.29) is 17.6 Å². The Bertz CT molecular complexity index is 869. The van der Waals surface area contributed by atoms with E-state index in [1.165, 1.54) is 12.1 Å². The molecule has 2 amide bonds. The van der Waals surface area contributed by atoms with Gasteiger partial charge in [-0.1, -0.05) is 16.6 Å². The highest BCUT2D eigenvalue weighted by Gasteiger charge is 2.49. The molecule has 2 aromatic rings. The van der Waals surface area contributed by atoms with Crippen molar-refractivity contribution in [3.63, 3.8) is 0 Å². The maximum Gasteiger partial charge on any atom is 0.267 e. The Labute approximate surface area is 161 Å². The minimum absolute atomic E-state index is 0.0807. The molecule has 0 aliphatic carbocycles. The average Bonchev–Trinajstić information content (AvgIpc) is 3.28. The van der Waals surface area contributed by atoms with Crippen LogP contribution in [0.1, 0.15) is 40.2 Å². The SMILES string of the molecule is Cc1nnsc1C(=O)N1CC[C@@]2(CCCN(Cc3ccc(F)cc3)C2=O)C1. The van der Waals surface area contributed by atoms with E-state index in [0.29, 0.717) is 43.2 Å². The molecule has 142 valence electrons. The van der Waals surface area contributed by atoms with E-state index < -0.39 is 5.41 Å². The lowest BCUT2D eigenvalue weighted by atomic mass is 9.78. The molecule has 4 rings (SSSR count). The van der Waals surface area contributed by atoms with Crippen molar-refractivity contribution < 1.29 is 14.0 Å². The summed E-state index contributed by atoms with van der Waals surface area (Å²) in [7, 11) is 0. The lowest BCUT2D eigenvalue weighted by Gasteiger charge is -2.39. The van der Waals surface area contributed by atoms with Crippen LogP contribution in [-0.2, 0) is 11.3 Å². The van der Waals surface area contributed by atoms with Crippen molar-refractivity contribution in [1.29, 1.82) is 0 Å². The standard InChI is InChI=1S/C19H21FN4O2S/c1-13-16(27-22-21-13)17(25)24-10-8-19(12-24)7-2-9-23(18(19)26)11-14-3-5-15(20)6-4-14/h3-6H,2,7-12H2,1H3/t19-/m0/s1. The molecule has 8 heteroatoms. The topological polar surface area (TPSA) is 66.4 Å². The molecule has 6 nitrogen and oxygen atoms in total. The summed E-state index contributed by atoms with van der Waals surface area (Å²) in [5, 5.41) is 3.91. The molecule has 0 radical (unpaired) electrons. The van der Waals surface area contributed by atoms with Crippen LogP contribution >= 0.6 is 11.5 Å². The molecule has 0 saturated carbocycles. The quantitative estimate of drug-likeness (QED) is 0.811. The second-order valence-electron chi connectivity index (χ2n) is 7.40. The first-order valence-electron chi connectivity index (χ1n) is 9.11. The van der Waals surface area contributed by atoms with E-state index in [9.17, 15) is 14.0 Å². The van der Waals surface area contributed by atoms with Crippen LogP contribution in [0.15, 0.2) is 24.3 Å². The minimum atomic E-state index is -0.500. The van der Waals surface area contributed by atoms with E-state index >= 15 is 0 Å². The Balaban J connectivity index is 1.48. The summed E-state index contributed by atoms with van der Waals surface area (Å²) in [6.45, 7) is 3.98. The number of amides is 2. The number of halogens is 1. The summed E-state index contributed by atoms with van der Waals surface area (Å²) in [6.07, 6.45) is 2.40. The first-order valence-corrected chi connectivity index (χ1v) is 9.88. The second kappa shape index (κ2) is 6.99. The fraction of sp³-hybridized carbons (Fsp3) is 0.474. The van der Waals surface area contributed by atoms with Crippen LogP contribution in [0.25, 0.3) is 0 Å². The minimum Gasteiger partial charge on any atom is -0.338 e. The monoisotopic (exact) mass is 388 g/mol. The molecule has 2 aliphatic heterocycles. The molecule has 0 bridgehead atoms. The molecule has 2 fully saturated rings.